The third kappa shape index (κ3) is 7.26. The number of ether oxygens (including phenoxy) is 1. The maximum Gasteiger partial charge on any atom is 0.490 e. The highest BCUT2D eigenvalue weighted by molar-refractivity contribution is 7.66. The smallest absolute Gasteiger partial charge is 0.412 e. The third-order valence-electron chi connectivity index (χ3n) is 3.28. The van der Waals surface area contributed by atoms with Crippen LogP contribution in [0.25, 0.3) is 0 Å². The summed E-state index contributed by atoms with van der Waals surface area (Å²) in [6.07, 6.45) is -5.70. The van der Waals surface area contributed by atoms with Gasteiger partial charge in [-0.15, -0.1) is 0 Å². The summed E-state index contributed by atoms with van der Waals surface area (Å²) in [6.45, 7) is -1.05. The zero-order valence-corrected chi connectivity index (χ0v) is 17.0. The van der Waals surface area contributed by atoms with Crippen LogP contribution in [-0.4, -0.2) is 69.7 Å². The van der Waals surface area contributed by atoms with Crippen molar-refractivity contribution in [2.45, 2.75) is 24.5 Å². The normalized spacial score (nSPS) is 28.3. The monoisotopic (exact) mass is 502 g/mol. The van der Waals surface area contributed by atoms with E-state index in [4.69, 9.17) is 19.4 Å². The SMILES string of the molecule is O.O=c1ccn([C@@H]2O[C@H](COP(=O)(O)OP(=O)(O)OP(=O)(O)O)[C@@H](O)[C@H]2O)c(=O)[nH]1. The van der Waals surface area contributed by atoms with Gasteiger partial charge in [-0.25, -0.2) is 18.5 Å². The molecule has 30 heavy (non-hydrogen) atoms. The molecular weight excluding hydrogens is 485 g/mol. The molecule has 0 saturated carbocycles. The van der Waals surface area contributed by atoms with Crippen molar-refractivity contribution < 1.29 is 66.8 Å². The van der Waals surface area contributed by atoms with Crippen molar-refractivity contribution in [2.75, 3.05) is 6.61 Å². The molecule has 2 rings (SSSR count). The largest absolute Gasteiger partial charge is 0.490 e. The van der Waals surface area contributed by atoms with Crippen molar-refractivity contribution in [2.24, 2.45) is 0 Å². The Hall–Kier alpha value is -1.07. The summed E-state index contributed by atoms with van der Waals surface area (Å²) in [4.78, 5) is 59.9. The van der Waals surface area contributed by atoms with Crippen LogP contribution >= 0.6 is 23.5 Å². The molecule has 1 saturated heterocycles. The average molecular weight is 502 g/mol. The van der Waals surface area contributed by atoms with Gasteiger partial charge in [0.2, 0.25) is 0 Å². The second kappa shape index (κ2) is 9.60. The summed E-state index contributed by atoms with van der Waals surface area (Å²) >= 11 is 0. The molecule has 1 aromatic rings. The minimum Gasteiger partial charge on any atom is -0.412 e. The minimum absolute atomic E-state index is 0. The van der Waals surface area contributed by atoms with E-state index in [0.717, 1.165) is 12.3 Å². The van der Waals surface area contributed by atoms with Gasteiger partial charge < -0.3 is 40.0 Å². The van der Waals surface area contributed by atoms with Crippen molar-refractivity contribution in [3.05, 3.63) is 33.1 Å². The van der Waals surface area contributed by atoms with Crippen LogP contribution in [0, 0.1) is 0 Å². The van der Waals surface area contributed by atoms with E-state index in [0.29, 0.717) is 4.57 Å². The van der Waals surface area contributed by atoms with Crippen LogP contribution in [-0.2, 0) is 31.6 Å². The number of hydrogen-bond donors (Lipinski definition) is 7. The fourth-order valence-corrected chi connectivity index (χ4v) is 5.23. The van der Waals surface area contributed by atoms with Crippen LogP contribution in [0.4, 0.5) is 0 Å². The van der Waals surface area contributed by atoms with Gasteiger partial charge in [-0.2, -0.15) is 8.62 Å². The van der Waals surface area contributed by atoms with Gasteiger partial charge in [-0.3, -0.25) is 18.9 Å². The zero-order chi connectivity index (χ0) is 22.2. The van der Waals surface area contributed by atoms with Crippen LogP contribution in [0.1, 0.15) is 6.23 Å². The highest BCUT2D eigenvalue weighted by atomic mass is 31.3. The molecule has 2 heterocycles. The molecule has 2 unspecified atom stereocenters. The molecule has 0 amide bonds. The highest BCUT2D eigenvalue weighted by Gasteiger charge is 2.46. The van der Waals surface area contributed by atoms with E-state index in [1.54, 1.807) is 0 Å². The molecule has 1 aliphatic heterocycles. The van der Waals surface area contributed by atoms with Crippen molar-refractivity contribution in [1.82, 2.24) is 9.55 Å². The molecule has 0 aliphatic carbocycles. The van der Waals surface area contributed by atoms with E-state index < -0.39 is 65.9 Å². The highest BCUT2D eigenvalue weighted by Crippen LogP contribution is 2.66. The van der Waals surface area contributed by atoms with Crippen molar-refractivity contribution in [3.63, 3.8) is 0 Å². The fourth-order valence-electron chi connectivity index (χ4n) is 2.20. The summed E-state index contributed by atoms with van der Waals surface area (Å²) in [5, 5.41) is 19.9. The number of phosphoric ester groups is 1. The number of aromatic nitrogens is 2. The number of aliphatic hydroxyl groups excluding tert-OH is 2. The van der Waals surface area contributed by atoms with Crippen molar-refractivity contribution in [1.29, 1.82) is 0 Å². The molecule has 0 radical (unpaired) electrons. The van der Waals surface area contributed by atoms with Crippen LogP contribution in [0.15, 0.2) is 21.9 Å². The number of nitrogens with one attached hydrogen (secondary N) is 1. The van der Waals surface area contributed by atoms with Gasteiger partial charge in [0, 0.05) is 12.3 Å². The van der Waals surface area contributed by atoms with Crippen LogP contribution in [0.3, 0.4) is 0 Å². The predicted molar refractivity (Wildman–Crippen MR) is 90.7 cm³/mol. The fraction of sp³-hybridized carbons (Fsp3) is 0.556. The Kier molecular flexibility index (Phi) is 8.63. The van der Waals surface area contributed by atoms with E-state index in [9.17, 15) is 38.4 Å². The number of H-pyrrole nitrogens is 1. The van der Waals surface area contributed by atoms with E-state index in [1.807, 2.05) is 4.98 Å². The number of aliphatic hydroxyl groups is 2. The summed E-state index contributed by atoms with van der Waals surface area (Å²) in [5.41, 5.74) is -1.74. The first-order valence-corrected chi connectivity index (χ1v) is 11.7. The summed E-state index contributed by atoms with van der Waals surface area (Å²) < 4.78 is 50.6. The minimum atomic E-state index is -5.73. The van der Waals surface area contributed by atoms with Gasteiger partial charge in [0.25, 0.3) is 5.56 Å². The lowest BCUT2D eigenvalue weighted by atomic mass is 10.1. The molecular formula is C9H17N2O16P3. The van der Waals surface area contributed by atoms with E-state index >= 15 is 0 Å². The molecule has 6 atom stereocenters. The maximum absolute atomic E-state index is 11.7. The van der Waals surface area contributed by atoms with Gasteiger partial charge in [0.1, 0.15) is 18.3 Å². The van der Waals surface area contributed by atoms with Crippen LogP contribution in [0.5, 0.6) is 0 Å². The van der Waals surface area contributed by atoms with Crippen molar-refractivity contribution in [3.8, 4) is 0 Å². The quantitative estimate of drug-likeness (QED) is 0.171. The number of phosphoric acid groups is 3. The van der Waals surface area contributed by atoms with Gasteiger partial charge in [-0.05, 0) is 0 Å². The lowest BCUT2D eigenvalue weighted by Crippen LogP contribution is -2.37. The van der Waals surface area contributed by atoms with E-state index in [-0.39, 0.29) is 5.48 Å². The zero-order valence-electron chi connectivity index (χ0n) is 14.3. The van der Waals surface area contributed by atoms with Crippen LogP contribution in [0.2, 0.25) is 0 Å². The molecule has 174 valence electrons. The average Bonchev–Trinajstić information content (AvgIpc) is 2.78. The summed E-state index contributed by atoms with van der Waals surface area (Å²) in [6, 6.07) is 0.920. The molecule has 1 fully saturated rings. The van der Waals surface area contributed by atoms with Gasteiger partial charge >= 0.3 is 29.2 Å². The Morgan fingerprint density at radius 1 is 1.03 bits per heavy atom. The Morgan fingerprint density at radius 3 is 2.17 bits per heavy atom. The summed E-state index contributed by atoms with van der Waals surface area (Å²) in [5.74, 6) is 0. The second-order valence-corrected chi connectivity index (χ2v) is 9.87. The maximum atomic E-state index is 11.7. The molecule has 1 aliphatic rings. The third-order valence-corrected chi connectivity index (χ3v) is 7.08. The van der Waals surface area contributed by atoms with Gasteiger partial charge in [0.15, 0.2) is 6.23 Å². The molecule has 9 N–H and O–H groups in total. The molecule has 0 aromatic carbocycles. The number of hydrogen-bond acceptors (Lipinski definition) is 11. The second-order valence-electron chi connectivity index (χ2n) is 5.45. The number of aromatic amines is 1. The first-order chi connectivity index (χ1) is 13.1. The topological polar surface area (TPSA) is 296 Å². The summed E-state index contributed by atoms with van der Waals surface area (Å²) in [7, 11) is -16.8. The Bertz CT molecular complexity index is 998. The van der Waals surface area contributed by atoms with E-state index in [2.05, 4.69) is 13.1 Å². The Labute approximate surface area is 165 Å². The predicted octanol–water partition coefficient (Wildman–Crippen LogP) is -3.33. The lowest BCUT2D eigenvalue weighted by Gasteiger charge is -2.19. The standard InChI is InChI=1S/C9H15N2O15P3.H2O/c12-5-1-2-11(9(15)10-5)8-7(14)6(13)4(24-8)3-23-28(19,20)26-29(21,22)25-27(16,17)18;/h1-2,4,6-8,13-14H,3H2,(H,19,20)(H,21,22)(H,10,12,15)(H2,16,17,18);1H2/t4-,6-,7-,8-;/m1./s1. The Morgan fingerprint density at radius 2 is 1.63 bits per heavy atom. The molecule has 18 nitrogen and oxygen atoms in total. The van der Waals surface area contributed by atoms with E-state index in [1.165, 1.54) is 0 Å². The first-order valence-electron chi connectivity index (χ1n) is 7.22. The lowest BCUT2D eigenvalue weighted by molar-refractivity contribution is -0.0542. The van der Waals surface area contributed by atoms with Gasteiger partial charge in [-0.1, -0.05) is 0 Å². The number of rotatable bonds is 8. The van der Waals surface area contributed by atoms with Crippen LogP contribution < -0.4 is 11.2 Å². The molecule has 1 aromatic heterocycles. The Balaban J connectivity index is 0.00000450. The molecule has 0 spiro atoms. The molecule has 0 bridgehead atoms. The van der Waals surface area contributed by atoms with Crippen molar-refractivity contribution >= 4 is 23.5 Å². The molecule has 21 heteroatoms. The number of nitrogens with zero attached hydrogens (tertiary/aromatic N) is 1. The first kappa shape index (κ1) is 27.0. The van der Waals surface area contributed by atoms with Gasteiger partial charge in [0.05, 0.1) is 6.61 Å².